The van der Waals surface area contributed by atoms with Crippen molar-refractivity contribution in [3.05, 3.63) is 28.8 Å². The fourth-order valence-corrected chi connectivity index (χ4v) is 1.11. The molecule has 0 bridgehead atoms. The number of Topliss-reactive ketones (excluding diaryl/α,β-unsaturated/α-hetero) is 1. The van der Waals surface area contributed by atoms with Gasteiger partial charge in [-0.3, -0.25) is 9.59 Å². The van der Waals surface area contributed by atoms with Gasteiger partial charge in [0.05, 0.1) is 0 Å². The average Bonchev–Trinajstić information content (AvgIpc) is 2.16. The highest BCUT2D eigenvalue weighted by Crippen LogP contribution is 2.22. The number of aromatic hydroxyl groups is 1. The molecule has 0 radical (unpaired) electrons. The minimum absolute atomic E-state index is 0.0644. The molecule has 0 aliphatic rings. The highest BCUT2D eigenvalue weighted by Gasteiger charge is 2.12. The molecule has 0 aromatic heterocycles. The van der Waals surface area contributed by atoms with Crippen molar-refractivity contribution in [1.29, 1.82) is 5.26 Å². The zero-order chi connectivity index (χ0) is 10.7. The van der Waals surface area contributed by atoms with Gasteiger partial charge in [-0.05, 0) is 19.1 Å². The summed E-state index contributed by atoms with van der Waals surface area (Å²) in [5.74, 6) is -0.706. The number of carbonyl (C=O) groups is 2. The summed E-state index contributed by atoms with van der Waals surface area (Å²) in [6.07, 6.45) is 0.507. The summed E-state index contributed by atoms with van der Waals surface area (Å²) in [6, 6.07) is 4.15. The largest absolute Gasteiger partial charge is 0.507 e. The molecule has 1 aromatic rings. The Hall–Kier alpha value is -2.15. The van der Waals surface area contributed by atoms with E-state index >= 15 is 0 Å². The van der Waals surface area contributed by atoms with Crippen molar-refractivity contribution >= 4 is 12.1 Å². The SMILES string of the molecule is CC(=O)c1cc(C=O)cc(O)c1C#N. The van der Waals surface area contributed by atoms with Gasteiger partial charge in [0.25, 0.3) is 0 Å². The van der Waals surface area contributed by atoms with Crippen molar-refractivity contribution in [1.82, 2.24) is 0 Å². The molecule has 4 nitrogen and oxygen atoms in total. The molecular formula is C10H7NO3. The van der Waals surface area contributed by atoms with Crippen LogP contribution in [0.4, 0.5) is 0 Å². The monoisotopic (exact) mass is 189 g/mol. The van der Waals surface area contributed by atoms with Crippen LogP contribution in [-0.4, -0.2) is 17.2 Å². The smallest absolute Gasteiger partial charge is 0.161 e. The Labute approximate surface area is 80.4 Å². The van der Waals surface area contributed by atoms with Gasteiger partial charge in [0.1, 0.15) is 23.7 Å². The summed E-state index contributed by atoms with van der Waals surface area (Å²) in [5.41, 5.74) is 0.143. The van der Waals surface area contributed by atoms with Crippen LogP contribution in [0, 0.1) is 11.3 Å². The van der Waals surface area contributed by atoms with E-state index in [2.05, 4.69) is 0 Å². The maximum atomic E-state index is 11.1. The summed E-state index contributed by atoms with van der Waals surface area (Å²) < 4.78 is 0. The first-order valence-corrected chi connectivity index (χ1v) is 3.83. The second kappa shape index (κ2) is 3.71. The van der Waals surface area contributed by atoms with Crippen LogP contribution in [0.15, 0.2) is 12.1 Å². The number of aldehydes is 1. The summed E-state index contributed by atoms with van der Waals surface area (Å²) in [4.78, 5) is 21.5. The van der Waals surface area contributed by atoms with Gasteiger partial charge < -0.3 is 5.11 Å². The van der Waals surface area contributed by atoms with E-state index in [4.69, 9.17) is 5.26 Å². The molecule has 0 amide bonds. The van der Waals surface area contributed by atoms with Crippen LogP contribution in [-0.2, 0) is 0 Å². The molecule has 0 aliphatic carbocycles. The summed E-state index contributed by atoms with van der Waals surface area (Å²) >= 11 is 0. The lowest BCUT2D eigenvalue weighted by Gasteiger charge is -2.02. The molecular weight excluding hydrogens is 182 g/mol. The van der Waals surface area contributed by atoms with Gasteiger partial charge in [-0.25, -0.2) is 0 Å². The normalized spacial score (nSPS) is 9.14. The van der Waals surface area contributed by atoms with E-state index in [0.717, 1.165) is 6.07 Å². The molecule has 1 N–H and O–H groups in total. The zero-order valence-electron chi connectivity index (χ0n) is 7.44. The zero-order valence-corrected chi connectivity index (χ0v) is 7.44. The molecule has 0 aliphatic heterocycles. The van der Waals surface area contributed by atoms with Crippen LogP contribution in [0.2, 0.25) is 0 Å². The van der Waals surface area contributed by atoms with Gasteiger partial charge in [0.2, 0.25) is 0 Å². The van der Waals surface area contributed by atoms with Crippen molar-refractivity contribution in [2.75, 3.05) is 0 Å². The van der Waals surface area contributed by atoms with Crippen LogP contribution >= 0.6 is 0 Å². The Morgan fingerprint density at radius 1 is 1.57 bits per heavy atom. The van der Waals surface area contributed by atoms with Gasteiger partial charge in [-0.1, -0.05) is 0 Å². The first-order chi connectivity index (χ1) is 6.60. The predicted molar refractivity (Wildman–Crippen MR) is 48.2 cm³/mol. The van der Waals surface area contributed by atoms with Crippen molar-refractivity contribution in [3.8, 4) is 11.8 Å². The number of carbonyl (C=O) groups excluding carboxylic acids is 2. The van der Waals surface area contributed by atoms with Crippen LogP contribution in [0.5, 0.6) is 5.75 Å². The molecule has 1 aromatic carbocycles. The number of benzene rings is 1. The van der Waals surface area contributed by atoms with Gasteiger partial charge in [0, 0.05) is 11.1 Å². The number of nitriles is 1. The fourth-order valence-electron chi connectivity index (χ4n) is 1.11. The fraction of sp³-hybridized carbons (Fsp3) is 0.100. The van der Waals surface area contributed by atoms with E-state index in [0.29, 0.717) is 6.29 Å². The number of nitrogens with zero attached hydrogens (tertiary/aromatic N) is 1. The third-order valence-corrected chi connectivity index (χ3v) is 1.77. The molecule has 0 atom stereocenters. The van der Waals surface area contributed by atoms with Crippen LogP contribution in [0.3, 0.4) is 0 Å². The second-order valence-electron chi connectivity index (χ2n) is 2.75. The van der Waals surface area contributed by atoms with E-state index in [-0.39, 0.29) is 28.2 Å². The number of phenols is 1. The van der Waals surface area contributed by atoms with E-state index in [1.54, 1.807) is 6.07 Å². The first-order valence-electron chi connectivity index (χ1n) is 3.83. The molecule has 0 heterocycles. The number of ketones is 1. The molecule has 0 fully saturated rings. The topological polar surface area (TPSA) is 78.2 Å². The van der Waals surface area contributed by atoms with Crippen molar-refractivity contribution in [2.24, 2.45) is 0 Å². The highest BCUT2D eigenvalue weighted by molar-refractivity contribution is 5.99. The lowest BCUT2D eigenvalue weighted by molar-refractivity contribution is 0.101. The second-order valence-corrected chi connectivity index (χ2v) is 2.75. The molecule has 70 valence electrons. The Morgan fingerprint density at radius 2 is 2.21 bits per heavy atom. The summed E-state index contributed by atoms with van der Waals surface area (Å²) in [7, 11) is 0. The Kier molecular flexibility index (Phi) is 2.63. The standard InChI is InChI=1S/C10H7NO3/c1-6(13)8-2-7(5-12)3-10(14)9(8)4-11/h2-3,5,14H,1H3. The van der Waals surface area contributed by atoms with Gasteiger partial charge in [0.15, 0.2) is 5.78 Å². The first kappa shape index (κ1) is 9.93. The van der Waals surface area contributed by atoms with E-state index < -0.39 is 0 Å². The Bertz CT molecular complexity index is 443. The van der Waals surface area contributed by atoms with Crippen molar-refractivity contribution in [3.63, 3.8) is 0 Å². The van der Waals surface area contributed by atoms with Crippen molar-refractivity contribution in [2.45, 2.75) is 6.92 Å². The Morgan fingerprint density at radius 3 is 2.64 bits per heavy atom. The Balaban J connectivity index is 3.53. The number of hydrogen-bond acceptors (Lipinski definition) is 4. The molecule has 1 rings (SSSR count). The maximum Gasteiger partial charge on any atom is 0.161 e. The number of phenolic OH excluding ortho intramolecular Hbond substituents is 1. The summed E-state index contributed by atoms with van der Waals surface area (Å²) in [5, 5.41) is 18.0. The summed E-state index contributed by atoms with van der Waals surface area (Å²) in [6.45, 7) is 1.27. The van der Waals surface area contributed by atoms with Gasteiger partial charge in [-0.15, -0.1) is 0 Å². The number of rotatable bonds is 2. The third-order valence-electron chi connectivity index (χ3n) is 1.77. The van der Waals surface area contributed by atoms with Gasteiger partial charge >= 0.3 is 0 Å². The van der Waals surface area contributed by atoms with E-state index in [1.807, 2.05) is 0 Å². The minimum atomic E-state index is -0.361. The average molecular weight is 189 g/mol. The number of hydrogen-bond donors (Lipinski definition) is 1. The van der Waals surface area contributed by atoms with E-state index in [9.17, 15) is 14.7 Å². The van der Waals surface area contributed by atoms with E-state index in [1.165, 1.54) is 13.0 Å². The molecule has 0 spiro atoms. The van der Waals surface area contributed by atoms with Gasteiger partial charge in [-0.2, -0.15) is 5.26 Å². The van der Waals surface area contributed by atoms with Crippen molar-refractivity contribution < 1.29 is 14.7 Å². The van der Waals surface area contributed by atoms with Crippen LogP contribution in [0.1, 0.15) is 33.2 Å². The molecule has 4 heteroatoms. The maximum absolute atomic E-state index is 11.1. The van der Waals surface area contributed by atoms with Crippen LogP contribution in [0.25, 0.3) is 0 Å². The molecule has 0 saturated heterocycles. The quantitative estimate of drug-likeness (QED) is 0.561. The lowest BCUT2D eigenvalue weighted by atomic mass is 10.0. The minimum Gasteiger partial charge on any atom is -0.507 e. The predicted octanol–water partition coefficient (Wildman–Crippen LogP) is 1.28. The van der Waals surface area contributed by atoms with Crippen LogP contribution < -0.4 is 0 Å². The highest BCUT2D eigenvalue weighted by atomic mass is 16.3. The molecule has 0 unspecified atom stereocenters. The molecule has 14 heavy (non-hydrogen) atoms. The third kappa shape index (κ3) is 1.62. The lowest BCUT2D eigenvalue weighted by Crippen LogP contribution is -1.98. The molecule has 0 saturated carbocycles.